The molecule has 0 radical (unpaired) electrons. The van der Waals surface area contributed by atoms with Gasteiger partial charge in [-0.15, -0.1) is 0 Å². The maximum Gasteiger partial charge on any atom is 0.266 e. The Kier molecular flexibility index (Phi) is 7.72. The summed E-state index contributed by atoms with van der Waals surface area (Å²) in [5, 5.41) is 12.4. The molecule has 1 heterocycles. The van der Waals surface area contributed by atoms with E-state index in [0.717, 1.165) is 28.4 Å². The fraction of sp³-hybridized carbons (Fsp3) is 0.185. The molecule has 0 bridgehead atoms. The SMILES string of the molecule is C=CCOc1ccc(-n2c(C)cc(/C=C(/C#N)C(=O)Nc3cccc(OCC)c3)c2C)cc1. The normalized spacial score (nSPS) is 10.9. The third-order valence-corrected chi connectivity index (χ3v) is 5.00. The summed E-state index contributed by atoms with van der Waals surface area (Å²) in [6.07, 6.45) is 3.31. The van der Waals surface area contributed by atoms with Crippen molar-refractivity contribution in [1.82, 2.24) is 4.57 Å². The summed E-state index contributed by atoms with van der Waals surface area (Å²) in [5.74, 6) is 0.944. The number of aryl methyl sites for hydroxylation is 1. The van der Waals surface area contributed by atoms with Crippen LogP contribution in [0.15, 0.2) is 72.8 Å². The van der Waals surface area contributed by atoms with E-state index in [1.807, 2.05) is 63.2 Å². The highest BCUT2D eigenvalue weighted by Crippen LogP contribution is 2.25. The number of rotatable bonds is 9. The molecule has 3 aromatic rings. The van der Waals surface area contributed by atoms with Gasteiger partial charge in [0, 0.05) is 28.8 Å². The number of hydrogen-bond donors (Lipinski definition) is 1. The van der Waals surface area contributed by atoms with Crippen molar-refractivity contribution in [2.45, 2.75) is 20.8 Å². The van der Waals surface area contributed by atoms with Crippen LogP contribution in [-0.4, -0.2) is 23.7 Å². The monoisotopic (exact) mass is 441 g/mol. The fourth-order valence-electron chi connectivity index (χ4n) is 3.51. The number of benzene rings is 2. The molecule has 0 saturated carbocycles. The Labute approximate surface area is 194 Å². The third-order valence-electron chi connectivity index (χ3n) is 5.00. The summed E-state index contributed by atoms with van der Waals surface area (Å²) in [6.45, 7) is 10.5. The highest BCUT2D eigenvalue weighted by molar-refractivity contribution is 6.09. The molecule has 0 spiro atoms. The zero-order chi connectivity index (χ0) is 23.8. The van der Waals surface area contributed by atoms with Crippen molar-refractivity contribution in [2.24, 2.45) is 0 Å². The number of nitrogens with one attached hydrogen (secondary N) is 1. The lowest BCUT2D eigenvalue weighted by molar-refractivity contribution is -0.112. The smallest absolute Gasteiger partial charge is 0.266 e. The van der Waals surface area contributed by atoms with Crippen LogP contribution in [0.25, 0.3) is 11.8 Å². The van der Waals surface area contributed by atoms with E-state index in [2.05, 4.69) is 16.5 Å². The van der Waals surface area contributed by atoms with Crippen LogP contribution in [0.2, 0.25) is 0 Å². The van der Waals surface area contributed by atoms with Gasteiger partial charge >= 0.3 is 0 Å². The van der Waals surface area contributed by atoms with Crippen LogP contribution in [0.4, 0.5) is 5.69 Å². The average Bonchev–Trinajstić information content (AvgIpc) is 3.09. The number of ether oxygens (including phenoxy) is 2. The van der Waals surface area contributed by atoms with Crippen LogP contribution in [0.5, 0.6) is 11.5 Å². The Bertz CT molecular complexity index is 1210. The molecule has 0 aliphatic carbocycles. The molecule has 1 aromatic heterocycles. The maximum atomic E-state index is 12.7. The Morgan fingerprint density at radius 2 is 1.88 bits per heavy atom. The minimum Gasteiger partial charge on any atom is -0.494 e. The molecule has 0 unspecified atom stereocenters. The fourth-order valence-corrected chi connectivity index (χ4v) is 3.51. The van der Waals surface area contributed by atoms with Crippen LogP contribution in [-0.2, 0) is 4.79 Å². The van der Waals surface area contributed by atoms with Crippen LogP contribution in [0.1, 0.15) is 23.9 Å². The van der Waals surface area contributed by atoms with Gasteiger partial charge in [0.25, 0.3) is 5.91 Å². The van der Waals surface area contributed by atoms with Crippen molar-refractivity contribution in [1.29, 1.82) is 5.26 Å². The molecule has 1 amide bonds. The van der Waals surface area contributed by atoms with Gasteiger partial charge in [0.05, 0.1) is 6.61 Å². The van der Waals surface area contributed by atoms with Crippen LogP contribution >= 0.6 is 0 Å². The molecule has 0 atom stereocenters. The van der Waals surface area contributed by atoms with Crippen molar-refractivity contribution in [2.75, 3.05) is 18.5 Å². The van der Waals surface area contributed by atoms with Crippen molar-refractivity contribution in [3.05, 3.63) is 89.8 Å². The second-order valence-electron chi connectivity index (χ2n) is 7.34. The number of amides is 1. The minimum atomic E-state index is -0.473. The molecule has 0 aliphatic rings. The number of nitriles is 1. The molecule has 0 fully saturated rings. The number of aromatic nitrogens is 1. The van der Waals surface area contributed by atoms with Crippen LogP contribution in [0, 0.1) is 25.2 Å². The van der Waals surface area contributed by atoms with Gasteiger partial charge in [0.2, 0.25) is 0 Å². The highest BCUT2D eigenvalue weighted by Gasteiger charge is 2.14. The van der Waals surface area contributed by atoms with Gasteiger partial charge in [-0.25, -0.2) is 0 Å². The van der Waals surface area contributed by atoms with E-state index >= 15 is 0 Å². The van der Waals surface area contributed by atoms with E-state index in [9.17, 15) is 10.1 Å². The number of carbonyl (C=O) groups excluding carboxylic acids is 1. The number of hydrogen-bond acceptors (Lipinski definition) is 4. The first-order chi connectivity index (χ1) is 16.0. The number of nitrogens with zero attached hydrogens (tertiary/aromatic N) is 2. The average molecular weight is 442 g/mol. The second kappa shape index (κ2) is 10.9. The van der Waals surface area contributed by atoms with Crippen molar-refractivity contribution in [3.63, 3.8) is 0 Å². The Morgan fingerprint density at radius 1 is 1.12 bits per heavy atom. The van der Waals surface area contributed by atoms with E-state index in [1.54, 1.807) is 30.4 Å². The molecule has 0 aliphatic heterocycles. The lowest BCUT2D eigenvalue weighted by Crippen LogP contribution is -2.13. The van der Waals surface area contributed by atoms with Crippen molar-refractivity contribution < 1.29 is 14.3 Å². The molecular weight excluding hydrogens is 414 g/mol. The first kappa shape index (κ1) is 23.4. The van der Waals surface area contributed by atoms with Gasteiger partial charge in [-0.2, -0.15) is 5.26 Å². The Hall–Kier alpha value is -4.24. The summed E-state index contributed by atoms with van der Waals surface area (Å²) in [7, 11) is 0. The third kappa shape index (κ3) is 5.72. The Balaban J connectivity index is 1.84. The van der Waals surface area contributed by atoms with Crippen LogP contribution in [0.3, 0.4) is 0 Å². The topological polar surface area (TPSA) is 76.3 Å². The van der Waals surface area contributed by atoms with Gasteiger partial charge in [-0.3, -0.25) is 4.79 Å². The van der Waals surface area contributed by atoms with E-state index in [1.165, 1.54) is 0 Å². The first-order valence-corrected chi connectivity index (χ1v) is 10.7. The maximum absolute atomic E-state index is 12.7. The van der Waals surface area contributed by atoms with Gasteiger partial charge in [-0.1, -0.05) is 18.7 Å². The summed E-state index contributed by atoms with van der Waals surface area (Å²) < 4.78 is 13.1. The van der Waals surface area contributed by atoms with Gasteiger partial charge < -0.3 is 19.4 Å². The van der Waals surface area contributed by atoms with E-state index < -0.39 is 5.91 Å². The zero-order valence-corrected chi connectivity index (χ0v) is 19.1. The van der Waals surface area contributed by atoms with Crippen molar-refractivity contribution in [3.8, 4) is 23.3 Å². The predicted octanol–water partition coefficient (Wildman–Crippen LogP) is 5.60. The van der Waals surface area contributed by atoms with E-state index in [-0.39, 0.29) is 5.57 Å². The minimum absolute atomic E-state index is 0.0187. The van der Waals surface area contributed by atoms with E-state index in [4.69, 9.17) is 9.47 Å². The zero-order valence-electron chi connectivity index (χ0n) is 19.1. The summed E-state index contributed by atoms with van der Waals surface area (Å²) >= 11 is 0. The number of anilines is 1. The van der Waals surface area contributed by atoms with Gasteiger partial charge in [0.15, 0.2) is 0 Å². The van der Waals surface area contributed by atoms with Gasteiger partial charge in [-0.05, 0) is 74.9 Å². The molecular formula is C27H27N3O3. The number of carbonyl (C=O) groups is 1. The molecule has 6 nitrogen and oxygen atoms in total. The molecule has 1 N–H and O–H groups in total. The van der Waals surface area contributed by atoms with Crippen molar-refractivity contribution >= 4 is 17.7 Å². The van der Waals surface area contributed by atoms with E-state index in [0.29, 0.717) is 24.7 Å². The summed E-state index contributed by atoms with van der Waals surface area (Å²) in [6, 6.07) is 18.8. The van der Waals surface area contributed by atoms with Gasteiger partial charge in [0.1, 0.15) is 29.7 Å². The quantitative estimate of drug-likeness (QED) is 0.266. The second-order valence-corrected chi connectivity index (χ2v) is 7.34. The molecule has 3 rings (SSSR count). The molecule has 6 heteroatoms. The molecule has 2 aromatic carbocycles. The highest BCUT2D eigenvalue weighted by atomic mass is 16.5. The predicted molar refractivity (Wildman–Crippen MR) is 131 cm³/mol. The standard InChI is InChI=1S/C27H27N3O3/c1-5-14-33-25-12-10-24(11-13-25)30-19(3)15-21(20(30)4)16-22(18-28)27(31)29-23-8-7-9-26(17-23)32-6-2/h5,7-13,15-17H,1,6,14H2,2-4H3,(H,29,31)/b22-16-. The molecule has 0 saturated heterocycles. The van der Waals surface area contributed by atoms with Crippen LogP contribution < -0.4 is 14.8 Å². The summed E-state index contributed by atoms with van der Waals surface area (Å²) in [4.78, 5) is 12.7. The summed E-state index contributed by atoms with van der Waals surface area (Å²) in [5.41, 5.74) is 4.26. The molecule has 33 heavy (non-hydrogen) atoms. The lowest BCUT2D eigenvalue weighted by atomic mass is 10.1. The largest absolute Gasteiger partial charge is 0.494 e. The molecule has 168 valence electrons. The Morgan fingerprint density at radius 3 is 2.55 bits per heavy atom. The first-order valence-electron chi connectivity index (χ1n) is 10.7. The lowest BCUT2D eigenvalue weighted by Gasteiger charge is -2.11.